The molecule has 1 N–H and O–H groups in total. The van der Waals surface area contributed by atoms with E-state index in [9.17, 15) is 19.2 Å². The number of Topliss-reactive ketones (excluding diaryl/α,β-unsaturated/α-hetero) is 1. The molecule has 0 saturated heterocycles. The molecule has 1 amide bonds. The molecule has 0 fully saturated rings. The molecule has 7 nitrogen and oxygen atoms in total. The Morgan fingerprint density at radius 3 is 2.10 bits per heavy atom. The van der Waals surface area contributed by atoms with E-state index in [2.05, 4.69) is 0 Å². The van der Waals surface area contributed by atoms with E-state index in [-0.39, 0.29) is 17.1 Å². The zero-order chi connectivity index (χ0) is 23.3. The Hall–Kier alpha value is -2.90. The molecule has 31 heavy (non-hydrogen) atoms. The van der Waals surface area contributed by atoms with Gasteiger partial charge in [0.25, 0.3) is 0 Å². The number of aromatic carboxylic acids is 1. The van der Waals surface area contributed by atoms with Crippen molar-refractivity contribution in [2.75, 3.05) is 4.90 Å². The number of carboxylic acids is 1. The lowest BCUT2D eigenvalue weighted by Crippen LogP contribution is -2.35. The molecular weight excluding hydrogens is 445 g/mol. The summed E-state index contributed by atoms with van der Waals surface area (Å²) in [6.45, 7) is 4.85. The maximum atomic E-state index is 12.9. The minimum Gasteiger partial charge on any atom is -0.478 e. The van der Waals surface area contributed by atoms with Crippen molar-refractivity contribution in [2.45, 2.75) is 39.3 Å². The number of rotatable bonds is 7. The maximum absolute atomic E-state index is 12.9. The predicted octanol–water partition coefficient (Wildman–Crippen LogP) is 4.53. The summed E-state index contributed by atoms with van der Waals surface area (Å²) in [5.41, 5.74) is 0.130. The number of esters is 1. The maximum Gasteiger partial charge on any atom is 0.375 e. The first-order valence-electron chi connectivity index (χ1n) is 9.21. The first kappa shape index (κ1) is 24.4. The van der Waals surface area contributed by atoms with Crippen LogP contribution < -0.4 is 4.90 Å². The zero-order valence-corrected chi connectivity index (χ0v) is 18.7. The van der Waals surface area contributed by atoms with E-state index in [4.69, 9.17) is 33.0 Å². The van der Waals surface area contributed by atoms with Crippen molar-refractivity contribution < 1.29 is 29.0 Å². The molecule has 0 aromatic heterocycles. The van der Waals surface area contributed by atoms with Crippen molar-refractivity contribution in [3.05, 3.63) is 63.6 Å². The van der Waals surface area contributed by atoms with Crippen molar-refractivity contribution >= 4 is 52.5 Å². The Bertz CT molecular complexity index is 1010. The fraction of sp³-hybridized carbons (Fsp3) is 0.273. The third-order valence-electron chi connectivity index (χ3n) is 3.99. The van der Waals surface area contributed by atoms with Crippen LogP contribution >= 0.6 is 23.2 Å². The number of anilines is 1. The highest BCUT2D eigenvalue weighted by Crippen LogP contribution is 2.25. The lowest BCUT2D eigenvalue weighted by Gasteiger charge is -2.24. The van der Waals surface area contributed by atoms with E-state index < -0.39 is 35.7 Å². The molecule has 0 aliphatic carbocycles. The summed E-state index contributed by atoms with van der Waals surface area (Å²) >= 11 is 12.0. The Kier molecular flexibility index (Phi) is 7.81. The monoisotopic (exact) mass is 465 g/mol. The molecular formula is C22H21Cl2NO6. The van der Waals surface area contributed by atoms with E-state index >= 15 is 0 Å². The molecule has 0 heterocycles. The number of ether oxygens (including phenoxy) is 1. The predicted molar refractivity (Wildman–Crippen MR) is 117 cm³/mol. The van der Waals surface area contributed by atoms with E-state index in [1.54, 1.807) is 39.0 Å². The van der Waals surface area contributed by atoms with E-state index in [0.29, 0.717) is 16.3 Å². The van der Waals surface area contributed by atoms with Crippen LogP contribution in [0.1, 0.15) is 43.1 Å². The number of nitrogens with zero attached hydrogens (tertiary/aromatic N) is 1. The quantitative estimate of drug-likeness (QED) is 0.366. The molecule has 0 bridgehead atoms. The Morgan fingerprint density at radius 2 is 1.58 bits per heavy atom. The number of carbonyl (C=O) groups is 4. The van der Waals surface area contributed by atoms with Crippen molar-refractivity contribution in [1.82, 2.24) is 0 Å². The second-order valence-electron chi connectivity index (χ2n) is 7.68. The number of amides is 1. The smallest absolute Gasteiger partial charge is 0.375 e. The van der Waals surface area contributed by atoms with Crippen LogP contribution in [-0.4, -0.2) is 34.3 Å². The van der Waals surface area contributed by atoms with Crippen LogP contribution in [0.4, 0.5) is 5.69 Å². The van der Waals surface area contributed by atoms with Crippen molar-refractivity contribution in [1.29, 1.82) is 0 Å². The minimum atomic E-state index is -1.12. The zero-order valence-electron chi connectivity index (χ0n) is 17.1. The summed E-state index contributed by atoms with van der Waals surface area (Å²) in [5.74, 6) is -3.86. The third kappa shape index (κ3) is 7.08. The summed E-state index contributed by atoms with van der Waals surface area (Å²) in [6.07, 6.45) is -0.711. The first-order valence-corrected chi connectivity index (χ1v) is 9.97. The molecule has 164 valence electrons. The van der Waals surface area contributed by atoms with Gasteiger partial charge in [0.05, 0.1) is 28.6 Å². The lowest BCUT2D eigenvalue weighted by molar-refractivity contribution is -0.163. The fourth-order valence-electron chi connectivity index (χ4n) is 2.57. The minimum absolute atomic E-state index is 0.0176. The number of hydrogen-bond donors (Lipinski definition) is 1. The average molecular weight is 466 g/mol. The highest BCUT2D eigenvalue weighted by atomic mass is 35.5. The van der Waals surface area contributed by atoms with Crippen LogP contribution in [0.25, 0.3) is 0 Å². The van der Waals surface area contributed by atoms with Gasteiger partial charge in [-0.15, -0.1) is 0 Å². The molecule has 2 aromatic carbocycles. The average Bonchev–Trinajstić information content (AvgIpc) is 2.67. The molecule has 9 heteroatoms. The molecule has 0 radical (unpaired) electrons. The lowest BCUT2D eigenvalue weighted by atomic mass is 10.1. The number of benzene rings is 2. The Labute approximate surface area is 189 Å². The highest BCUT2D eigenvalue weighted by Gasteiger charge is 2.27. The van der Waals surface area contributed by atoms with Crippen molar-refractivity contribution in [3.8, 4) is 0 Å². The molecule has 2 aromatic rings. The third-order valence-corrected chi connectivity index (χ3v) is 4.73. The second kappa shape index (κ2) is 9.94. The van der Waals surface area contributed by atoms with Gasteiger partial charge in [0.1, 0.15) is 5.60 Å². The Morgan fingerprint density at radius 1 is 0.968 bits per heavy atom. The van der Waals surface area contributed by atoms with Gasteiger partial charge in [-0.05, 0) is 62.7 Å². The SMILES string of the molecule is CC(C)(C)OC(=O)C(=O)CC(=O)N(Cc1ccc(Cl)c(Cl)c1)c1ccc(C(=O)O)cc1. The second-order valence-corrected chi connectivity index (χ2v) is 8.50. The van der Waals surface area contributed by atoms with E-state index in [1.165, 1.54) is 29.2 Å². The van der Waals surface area contributed by atoms with Crippen molar-refractivity contribution in [3.63, 3.8) is 0 Å². The van der Waals surface area contributed by atoms with Crippen molar-refractivity contribution in [2.24, 2.45) is 0 Å². The highest BCUT2D eigenvalue weighted by molar-refractivity contribution is 6.42. The molecule has 0 atom stereocenters. The molecule has 0 saturated carbocycles. The van der Waals surface area contributed by atoms with Gasteiger partial charge in [-0.2, -0.15) is 0 Å². The van der Waals surface area contributed by atoms with Crippen LogP contribution in [0.3, 0.4) is 0 Å². The number of carbonyl (C=O) groups excluding carboxylic acids is 3. The molecule has 2 rings (SSSR count). The summed E-state index contributed by atoms with van der Waals surface area (Å²) in [7, 11) is 0. The van der Waals surface area contributed by atoms with Crippen LogP contribution in [0.2, 0.25) is 10.0 Å². The molecule has 0 unspecified atom stereocenters. The van der Waals surface area contributed by atoms with Gasteiger partial charge in [-0.1, -0.05) is 29.3 Å². The van der Waals surface area contributed by atoms with Gasteiger partial charge in [-0.25, -0.2) is 9.59 Å². The fourth-order valence-corrected chi connectivity index (χ4v) is 2.89. The first-order chi connectivity index (χ1) is 14.4. The standard InChI is InChI=1S/C22H21Cl2NO6/c1-22(2,3)31-21(30)18(26)11-19(27)25(12-13-4-9-16(23)17(24)10-13)15-7-5-14(6-8-15)20(28)29/h4-10H,11-12H2,1-3H3,(H,28,29). The van der Waals surface area contributed by atoms with Crippen LogP contribution in [0.5, 0.6) is 0 Å². The van der Waals surface area contributed by atoms with Gasteiger partial charge in [0.2, 0.25) is 11.7 Å². The van der Waals surface area contributed by atoms with Gasteiger partial charge in [0.15, 0.2) is 0 Å². The number of ketones is 1. The van der Waals surface area contributed by atoms with Gasteiger partial charge in [0, 0.05) is 5.69 Å². The molecule has 0 aliphatic heterocycles. The van der Waals surface area contributed by atoms with E-state index in [1.807, 2.05) is 0 Å². The largest absolute Gasteiger partial charge is 0.478 e. The van der Waals surface area contributed by atoms with Crippen LogP contribution in [-0.2, 0) is 25.7 Å². The normalized spacial score (nSPS) is 11.0. The van der Waals surface area contributed by atoms with Crippen LogP contribution in [0.15, 0.2) is 42.5 Å². The molecule has 0 aliphatic rings. The van der Waals surface area contributed by atoms with Gasteiger partial charge >= 0.3 is 11.9 Å². The van der Waals surface area contributed by atoms with Gasteiger partial charge < -0.3 is 14.7 Å². The van der Waals surface area contributed by atoms with Gasteiger partial charge in [-0.3, -0.25) is 9.59 Å². The summed E-state index contributed by atoms with van der Waals surface area (Å²) in [5, 5.41) is 9.72. The van der Waals surface area contributed by atoms with Crippen LogP contribution in [0, 0.1) is 0 Å². The number of carboxylic acid groups (broad SMARTS) is 1. The number of hydrogen-bond acceptors (Lipinski definition) is 5. The number of halogens is 2. The summed E-state index contributed by atoms with van der Waals surface area (Å²) in [6, 6.07) is 10.4. The topological polar surface area (TPSA) is 101 Å². The summed E-state index contributed by atoms with van der Waals surface area (Å²) in [4.78, 5) is 49.5. The Balaban J connectivity index is 2.30. The molecule has 0 spiro atoms. The summed E-state index contributed by atoms with van der Waals surface area (Å²) < 4.78 is 5.02. The van der Waals surface area contributed by atoms with E-state index in [0.717, 1.165) is 0 Å².